The Morgan fingerprint density at radius 1 is 0.931 bits per heavy atom. The number of imide groups is 1. The van der Waals surface area contributed by atoms with E-state index in [-0.39, 0.29) is 36.0 Å². The highest BCUT2D eigenvalue weighted by molar-refractivity contribution is 6.30. The largest absolute Gasteiger partial charge is 0.485 e. The summed E-state index contributed by atoms with van der Waals surface area (Å²) < 4.78 is 5.57. The Kier molecular flexibility index (Phi) is 4.43. The molecule has 148 valence electrons. The minimum Gasteiger partial charge on any atom is -0.485 e. The maximum atomic E-state index is 12.9. The van der Waals surface area contributed by atoms with Gasteiger partial charge in [0.15, 0.2) is 12.4 Å². The van der Waals surface area contributed by atoms with Gasteiger partial charge in [-0.05, 0) is 79.6 Å². The van der Waals surface area contributed by atoms with Crippen LogP contribution in [0.25, 0.3) is 0 Å². The van der Waals surface area contributed by atoms with Crippen molar-refractivity contribution in [2.75, 3.05) is 11.5 Å². The fourth-order valence-electron chi connectivity index (χ4n) is 5.22. The second-order valence-corrected chi connectivity index (χ2v) is 8.55. The van der Waals surface area contributed by atoms with Crippen molar-refractivity contribution in [1.82, 2.24) is 0 Å². The summed E-state index contributed by atoms with van der Waals surface area (Å²) in [4.78, 5) is 39.3. The highest BCUT2D eigenvalue weighted by Crippen LogP contribution is 2.56. The number of carbonyl (C=O) groups is 3. The Hall–Kier alpha value is -2.66. The molecule has 2 saturated carbocycles. The number of halogens is 1. The molecule has 1 heterocycles. The van der Waals surface area contributed by atoms with E-state index in [1.165, 1.54) is 4.90 Å². The average molecular weight is 410 g/mol. The number of benzene rings is 2. The van der Waals surface area contributed by atoms with E-state index in [0.717, 1.165) is 19.3 Å². The van der Waals surface area contributed by atoms with Gasteiger partial charge in [0, 0.05) is 10.6 Å². The van der Waals surface area contributed by atoms with E-state index in [0.29, 0.717) is 33.9 Å². The number of carbonyl (C=O) groups excluding carboxylic acids is 3. The van der Waals surface area contributed by atoms with Crippen LogP contribution in [0, 0.1) is 23.7 Å². The molecule has 6 heteroatoms. The van der Waals surface area contributed by atoms with Crippen molar-refractivity contribution in [3.8, 4) is 5.75 Å². The number of ether oxygens (including phenoxy) is 1. The van der Waals surface area contributed by atoms with E-state index in [2.05, 4.69) is 0 Å². The lowest BCUT2D eigenvalue weighted by Gasteiger charge is -2.19. The molecule has 4 unspecified atom stereocenters. The zero-order valence-electron chi connectivity index (χ0n) is 15.7. The van der Waals surface area contributed by atoms with E-state index >= 15 is 0 Å². The van der Waals surface area contributed by atoms with Crippen molar-refractivity contribution >= 4 is 34.9 Å². The fraction of sp³-hybridized carbons (Fsp3) is 0.348. The maximum absolute atomic E-state index is 12.9. The molecule has 1 aliphatic heterocycles. The summed E-state index contributed by atoms with van der Waals surface area (Å²) in [5.74, 6) is 0.719. The highest BCUT2D eigenvalue weighted by atomic mass is 35.5. The van der Waals surface area contributed by atoms with Gasteiger partial charge in [-0.25, -0.2) is 0 Å². The number of fused-ring (bicyclic) bond motifs is 5. The second-order valence-electron chi connectivity index (χ2n) is 8.11. The van der Waals surface area contributed by atoms with Crippen LogP contribution in [0.15, 0.2) is 48.5 Å². The lowest BCUT2D eigenvalue weighted by atomic mass is 9.81. The van der Waals surface area contributed by atoms with Crippen molar-refractivity contribution in [3.63, 3.8) is 0 Å². The molecular formula is C23H20ClNO4. The molecule has 0 aromatic heterocycles. The third-order valence-electron chi connectivity index (χ3n) is 6.56. The molecule has 3 aliphatic rings. The first-order valence-electron chi connectivity index (χ1n) is 9.92. The summed E-state index contributed by atoms with van der Waals surface area (Å²) in [5.41, 5.74) is 1.10. The molecule has 0 N–H and O–H groups in total. The van der Waals surface area contributed by atoms with Crippen LogP contribution < -0.4 is 9.64 Å². The van der Waals surface area contributed by atoms with Gasteiger partial charge in [-0.3, -0.25) is 19.3 Å². The van der Waals surface area contributed by atoms with Crippen LogP contribution in [0.5, 0.6) is 5.75 Å². The van der Waals surface area contributed by atoms with Crippen molar-refractivity contribution in [2.24, 2.45) is 23.7 Å². The lowest BCUT2D eigenvalue weighted by molar-refractivity contribution is -0.123. The van der Waals surface area contributed by atoms with Gasteiger partial charge in [0.05, 0.1) is 17.5 Å². The van der Waals surface area contributed by atoms with E-state index in [1.807, 2.05) is 0 Å². The number of hydrogen-bond acceptors (Lipinski definition) is 4. The predicted octanol–water partition coefficient (Wildman–Crippen LogP) is 4.14. The average Bonchev–Trinajstić information content (AvgIpc) is 3.41. The van der Waals surface area contributed by atoms with Crippen LogP contribution >= 0.6 is 11.6 Å². The highest BCUT2D eigenvalue weighted by Gasteiger charge is 2.61. The van der Waals surface area contributed by atoms with Gasteiger partial charge in [-0.2, -0.15) is 0 Å². The van der Waals surface area contributed by atoms with E-state index < -0.39 is 0 Å². The minimum absolute atomic E-state index is 0.0567. The normalized spacial score (nSPS) is 27.4. The number of hydrogen-bond donors (Lipinski definition) is 0. The summed E-state index contributed by atoms with van der Waals surface area (Å²) in [6, 6.07) is 13.4. The van der Waals surface area contributed by atoms with E-state index in [1.54, 1.807) is 48.5 Å². The topological polar surface area (TPSA) is 63.7 Å². The molecule has 2 amide bonds. The van der Waals surface area contributed by atoms with Gasteiger partial charge >= 0.3 is 0 Å². The fourth-order valence-corrected chi connectivity index (χ4v) is 5.35. The molecule has 5 nitrogen and oxygen atoms in total. The van der Waals surface area contributed by atoms with Gasteiger partial charge in [0.2, 0.25) is 11.8 Å². The molecule has 0 spiro atoms. The zero-order valence-corrected chi connectivity index (χ0v) is 16.5. The molecule has 4 atom stereocenters. The first kappa shape index (κ1) is 18.4. The number of nitrogens with zero attached hydrogens (tertiary/aromatic N) is 1. The van der Waals surface area contributed by atoms with Crippen LogP contribution in [-0.4, -0.2) is 24.2 Å². The predicted molar refractivity (Wildman–Crippen MR) is 108 cm³/mol. The first-order valence-corrected chi connectivity index (χ1v) is 10.3. The smallest absolute Gasteiger partial charge is 0.237 e. The number of anilines is 1. The van der Waals surface area contributed by atoms with Crippen molar-refractivity contribution in [3.05, 3.63) is 59.1 Å². The van der Waals surface area contributed by atoms with Gasteiger partial charge < -0.3 is 4.74 Å². The van der Waals surface area contributed by atoms with Gasteiger partial charge in [0.1, 0.15) is 5.75 Å². The quantitative estimate of drug-likeness (QED) is 0.550. The molecular weight excluding hydrogens is 390 g/mol. The molecule has 2 aliphatic carbocycles. The first-order chi connectivity index (χ1) is 14.0. The number of ketones is 1. The molecule has 1 saturated heterocycles. The molecule has 3 fully saturated rings. The summed E-state index contributed by atoms with van der Waals surface area (Å²) in [6.07, 6.45) is 3.15. The number of Topliss-reactive ketones (excluding diaryl/α,β-unsaturated/α-hetero) is 1. The maximum Gasteiger partial charge on any atom is 0.237 e. The Morgan fingerprint density at radius 2 is 1.52 bits per heavy atom. The van der Waals surface area contributed by atoms with Crippen LogP contribution in [0.2, 0.25) is 5.02 Å². The monoisotopic (exact) mass is 409 g/mol. The molecule has 2 aromatic carbocycles. The third-order valence-corrected chi connectivity index (χ3v) is 6.81. The van der Waals surface area contributed by atoms with Crippen LogP contribution in [0.4, 0.5) is 5.69 Å². The molecule has 2 bridgehead atoms. The van der Waals surface area contributed by atoms with Gasteiger partial charge in [0.25, 0.3) is 0 Å². The Balaban J connectivity index is 1.26. The van der Waals surface area contributed by atoms with Crippen LogP contribution in [0.1, 0.15) is 29.6 Å². The zero-order chi connectivity index (χ0) is 20.1. The van der Waals surface area contributed by atoms with E-state index in [4.69, 9.17) is 16.3 Å². The number of rotatable bonds is 5. The molecule has 5 rings (SSSR count). The minimum atomic E-state index is -0.154. The lowest BCUT2D eigenvalue weighted by Crippen LogP contribution is -2.32. The van der Waals surface area contributed by atoms with Crippen molar-refractivity contribution in [2.45, 2.75) is 19.3 Å². The third kappa shape index (κ3) is 3.04. The SMILES string of the molecule is O=C(COc1ccc(N2C(=O)C3C4CCC(C4)C3C2=O)cc1)c1ccc(Cl)cc1. The summed E-state index contributed by atoms with van der Waals surface area (Å²) in [6.45, 7) is -0.101. The van der Waals surface area contributed by atoms with Crippen LogP contribution in [0.3, 0.4) is 0 Å². The Morgan fingerprint density at radius 3 is 2.10 bits per heavy atom. The van der Waals surface area contributed by atoms with Gasteiger partial charge in [-0.1, -0.05) is 11.6 Å². The Bertz CT molecular complexity index is 957. The van der Waals surface area contributed by atoms with Gasteiger partial charge in [-0.15, -0.1) is 0 Å². The van der Waals surface area contributed by atoms with Crippen LogP contribution in [-0.2, 0) is 9.59 Å². The molecule has 2 aromatic rings. The van der Waals surface area contributed by atoms with Crippen molar-refractivity contribution in [1.29, 1.82) is 0 Å². The Labute approximate surface area is 173 Å². The van der Waals surface area contributed by atoms with Crippen molar-refractivity contribution < 1.29 is 19.1 Å². The standard InChI is InChI=1S/C23H20ClNO4/c24-16-5-3-13(4-6-16)19(26)12-29-18-9-7-17(8-10-18)25-22(27)20-14-1-2-15(11-14)21(20)23(25)28/h3-10,14-15,20-21H,1-2,11-12H2. The summed E-state index contributed by atoms with van der Waals surface area (Å²) >= 11 is 5.83. The number of amides is 2. The summed E-state index contributed by atoms with van der Waals surface area (Å²) in [7, 11) is 0. The second kappa shape index (κ2) is 6.99. The van der Waals surface area contributed by atoms with E-state index in [9.17, 15) is 14.4 Å². The molecule has 0 radical (unpaired) electrons. The summed E-state index contributed by atoms with van der Waals surface area (Å²) in [5, 5.41) is 0.571. The molecule has 29 heavy (non-hydrogen) atoms.